The highest BCUT2D eigenvalue weighted by Crippen LogP contribution is 2.22. The van der Waals surface area contributed by atoms with E-state index in [2.05, 4.69) is 34.1 Å². The third kappa shape index (κ3) is 5.10. The molecule has 2 heterocycles. The summed E-state index contributed by atoms with van der Waals surface area (Å²) in [6.07, 6.45) is 1.83. The number of likely N-dealkylation sites (tertiary alicyclic amines) is 1. The molecule has 2 aromatic rings. The summed E-state index contributed by atoms with van der Waals surface area (Å²) in [6.45, 7) is 8.79. The number of halogens is 1. The Labute approximate surface area is 161 Å². The molecule has 1 aliphatic heterocycles. The van der Waals surface area contributed by atoms with Crippen LogP contribution in [0.4, 0.5) is 0 Å². The van der Waals surface area contributed by atoms with Gasteiger partial charge in [-0.15, -0.1) is 12.4 Å². The van der Waals surface area contributed by atoms with E-state index in [0.717, 1.165) is 49.4 Å². The molecule has 3 rings (SSSR count). The van der Waals surface area contributed by atoms with Crippen molar-refractivity contribution in [2.75, 3.05) is 13.1 Å². The van der Waals surface area contributed by atoms with E-state index in [1.54, 1.807) is 0 Å². The third-order valence-corrected chi connectivity index (χ3v) is 4.95. The molecule has 1 aromatic heterocycles. The van der Waals surface area contributed by atoms with Gasteiger partial charge in [-0.1, -0.05) is 30.3 Å². The maximum Gasteiger partial charge on any atom is 0.340 e. The molecule has 0 radical (unpaired) electrons. The first-order chi connectivity index (χ1) is 11.5. The smallest absolute Gasteiger partial charge is 0.340 e. The number of rotatable bonds is 4. The summed E-state index contributed by atoms with van der Waals surface area (Å²) in [5, 5.41) is 0. The Morgan fingerprint density at radius 2 is 1.73 bits per heavy atom. The number of aromatic nitrogens is 1. The first kappa shape index (κ1) is 22.2. The fraction of sp³-hybridized carbons (Fsp3) is 0.450. The topological polar surface area (TPSA) is 76.8 Å². The summed E-state index contributed by atoms with van der Waals surface area (Å²) in [5.41, 5.74) is 4.98. The van der Waals surface area contributed by atoms with Crippen LogP contribution in [0.1, 0.15) is 45.7 Å². The lowest BCUT2D eigenvalue weighted by Crippen LogP contribution is -2.37. The first-order valence-electron chi connectivity index (χ1n) is 8.67. The van der Waals surface area contributed by atoms with Crippen LogP contribution < -0.4 is 0 Å². The minimum absolute atomic E-state index is 0. The molecular weight excluding hydrogens is 352 g/mol. The van der Waals surface area contributed by atoms with Crippen LogP contribution in [0.15, 0.2) is 30.3 Å². The van der Waals surface area contributed by atoms with Crippen LogP contribution in [-0.4, -0.2) is 40.5 Å². The molecule has 1 saturated heterocycles. The van der Waals surface area contributed by atoms with Crippen LogP contribution in [-0.2, 0) is 11.3 Å². The molecule has 26 heavy (non-hydrogen) atoms. The highest BCUT2D eigenvalue weighted by atomic mass is 35.5. The molecule has 6 heteroatoms. The molecule has 0 atom stereocenters. The molecule has 0 saturated carbocycles. The van der Waals surface area contributed by atoms with Crippen molar-refractivity contribution in [2.24, 2.45) is 0 Å². The van der Waals surface area contributed by atoms with Gasteiger partial charge in [-0.05, 0) is 44.7 Å². The normalized spacial score (nSPS) is 15.0. The molecule has 5 nitrogen and oxygen atoms in total. The number of nitrogens with zero attached hydrogens (tertiary/aromatic N) is 1. The number of hydrogen-bond donors (Lipinski definition) is 1. The van der Waals surface area contributed by atoms with E-state index >= 15 is 0 Å². The third-order valence-electron chi connectivity index (χ3n) is 4.95. The molecule has 3 N–H and O–H groups in total. The highest BCUT2D eigenvalue weighted by Gasteiger charge is 2.25. The highest BCUT2D eigenvalue weighted by molar-refractivity contribution is 5.92. The quantitative estimate of drug-likeness (QED) is 0.826. The number of carbonyl (C=O) groups excluding carboxylic acids is 1. The lowest BCUT2D eigenvalue weighted by atomic mass is 10.1. The van der Waals surface area contributed by atoms with E-state index in [9.17, 15) is 4.79 Å². The van der Waals surface area contributed by atoms with Gasteiger partial charge in [0.1, 0.15) is 6.10 Å². The zero-order chi connectivity index (χ0) is 17.1. The summed E-state index contributed by atoms with van der Waals surface area (Å²) in [5.74, 6) is -0.184. The van der Waals surface area contributed by atoms with Crippen LogP contribution in [0.3, 0.4) is 0 Å². The lowest BCUT2D eigenvalue weighted by Gasteiger charge is -2.31. The van der Waals surface area contributed by atoms with Gasteiger partial charge in [0.2, 0.25) is 0 Å². The second-order valence-electron chi connectivity index (χ2n) is 6.74. The van der Waals surface area contributed by atoms with Gasteiger partial charge in [0.15, 0.2) is 0 Å². The Balaban J connectivity index is 0.00000169. The average Bonchev–Trinajstić information content (AvgIpc) is 2.83. The molecule has 1 fully saturated rings. The number of hydrogen-bond acceptors (Lipinski definition) is 3. The first-order valence-corrected chi connectivity index (χ1v) is 8.67. The Hall–Kier alpha value is -1.82. The molecule has 0 aliphatic carbocycles. The minimum Gasteiger partial charge on any atom is -0.459 e. The van der Waals surface area contributed by atoms with Crippen LogP contribution in [0.25, 0.3) is 0 Å². The van der Waals surface area contributed by atoms with Crippen molar-refractivity contribution >= 4 is 18.4 Å². The number of aromatic amines is 1. The van der Waals surface area contributed by atoms with Crippen LogP contribution in [0, 0.1) is 20.8 Å². The second kappa shape index (κ2) is 9.76. The predicted molar refractivity (Wildman–Crippen MR) is 106 cm³/mol. The summed E-state index contributed by atoms with van der Waals surface area (Å²) in [7, 11) is 0. The van der Waals surface area contributed by atoms with Crippen LogP contribution in [0.5, 0.6) is 0 Å². The van der Waals surface area contributed by atoms with Gasteiger partial charge in [-0.25, -0.2) is 4.79 Å². The van der Waals surface area contributed by atoms with Gasteiger partial charge in [0.25, 0.3) is 0 Å². The van der Waals surface area contributed by atoms with Gasteiger partial charge in [-0.3, -0.25) is 4.90 Å². The number of piperidine rings is 1. The van der Waals surface area contributed by atoms with E-state index < -0.39 is 0 Å². The Kier molecular flexibility index (Phi) is 8.34. The van der Waals surface area contributed by atoms with E-state index in [1.807, 2.05) is 26.8 Å². The predicted octanol–water partition coefficient (Wildman–Crippen LogP) is 3.36. The van der Waals surface area contributed by atoms with Gasteiger partial charge in [0, 0.05) is 31.0 Å². The van der Waals surface area contributed by atoms with Crippen LogP contribution in [0.2, 0.25) is 0 Å². The number of H-pyrrole nitrogens is 1. The van der Waals surface area contributed by atoms with Gasteiger partial charge in [-0.2, -0.15) is 0 Å². The van der Waals surface area contributed by atoms with Crippen molar-refractivity contribution < 1.29 is 15.0 Å². The molecule has 1 aliphatic rings. The maximum atomic E-state index is 12.5. The number of aryl methyl sites for hydroxylation is 2. The Morgan fingerprint density at radius 3 is 2.27 bits per heavy atom. The molecular formula is C20H29ClN2O3. The van der Waals surface area contributed by atoms with Crippen LogP contribution >= 0.6 is 12.4 Å². The zero-order valence-corrected chi connectivity index (χ0v) is 16.5. The van der Waals surface area contributed by atoms with Crippen molar-refractivity contribution in [1.29, 1.82) is 0 Å². The average molecular weight is 381 g/mol. The van der Waals surface area contributed by atoms with Gasteiger partial charge < -0.3 is 15.2 Å². The van der Waals surface area contributed by atoms with Crippen molar-refractivity contribution in [1.82, 2.24) is 9.88 Å². The minimum atomic E-state index is -0.184. The van der Waals surface area contributed by atoms with E-state index in [-0.39, 0.29) is 30.0 Å². The van der Waals surface area contributed by atoms with E-state index in [1.165, 1.54) is 5.56 Å². The SMILES string of the molecule is Cc1[nH]c(C)c(C(=O)OC2CCN(Cc3ccccc3)CC2)c1C.Cl.O. The Bertz CT molecular complexity index is 707. The summed E-state index contributed by atoms with van der Waals surface area (Å²) in [6, 6.07) is 10.5. The molecule has 144 valence electrons. The van der Waals surface area contributed by atoms with E-state index in [0.29, 0.717) is 5.56 Å². The van der Waals surface area contributed by atoms with Gasteiger partial charge in [0.05, 0.1) is 5.56 Å². The van der Waals surface area contributed by atoms with Crippen molar-refractivity contribution in [2.45, 2.75) is 46.3 Å². The van der Waals surface area contributed by atoms with Crippen molar-refractivity contribution in [3.8, 4) is 0 Å². The monoisotopic (exact) mass is 380 g/mol. The van der Waals surface area contributed by atoms with Crippen molar-refractivity contribution in [3.63, 3.8) is 0 Å². The fourth-order valence-corrected chi connectivity index (χ4v) is 3.45. The standard InChI is InChI=1S/C20H26N2O2.ClH.H2O/c1-14-15(2)21-16(3)19(14)20(23)24-18-9-11-22(12-10-18)13-17-7-5-4-6-8-17;;/h4-8,18,21H,9-13H2,1-3H3;1H;1H2. The van der Waals surface area contributed by atoms with Gasteiger partial charge >= 0.3 is 5.97 Å². The molecule has 0 unspecified atom stereocenters. The molecule has 0 spiro atoms. The number of esters is 1. The van der Waals surface area contributed by atoms with Crippen molar-refractivity contribution in [3.05, 3.63) is 58.4 Å². The second-order valence-corrected chi connectivity index (χ2v) is 6.74. The van der Waals surface area contributed by atoms with E-state index in [4.69, 9.17) is 4.74 Å². The lowest BCUT2D eigenvalue weighted by molar-refractivity contribution is 0.0103. The largest absolute Gasteiger partial charge is 0.459 e. The number of carbonyl (C=O) groups is 1. The Morgan fingerprint density at radius 1 is 1.12 bits per heavy atom. The number of nitrogens with one attached hydrogen (secondary N) is 1. The molecule has 1 aromatic carbocycles. The number of ether oxygens (including phenoxy) is 1. The molecule has 0 amide bonds. The summed E-state index contributed by atoms with van der Waals surface area (Å²) in [4.78, 5) is 18.1. The molecule has 0 bridgehead atoms. The fourth-order valence-electron chi connectivity index (χ4n) is 3.45. The summed E-state index contributed by atoms with van der Waals surface area (Å²) >= 11 is 0. The maximum absolute atomic E-state index is 12.5. The number of benzene rings is 1. The summed E-state index contributed by atoms with van der Waals surface area (Å²) < 4.78 is 5.77. The zero-order valence-electron chi connectivity index (χ0n) is 15.7.